The minimum atomic E-state index is -3.65. The number of rotatable bonds is 5. The van der Waals surface area contributed by atoms with Crippen LogP contribution >= 0.6 is 0 Å². The van der Waals surface area contributed by atoms with Gasteiger partial charge in [-0.05, 0) is 43.9 Å². The minimum absolute atomic E-state index is 0.0274. The van der Waals surface area contributed by atoms with E-state index in [1.807, 2.05) is 42.2 Å². The normalized spacial score (nSPS) is 27.1. The summed E-state index contributed by atoms with van der Waals surface area (Å²) in [5.41, 5.74) is 1.66. The summed E-state index contributed by atoms with van der Waals surface area (Å²) < 4.78 is 60.1. The van der Waals surface area contributed by atoms with Gasteiger partial charge in [-0.3, -0.25) is 0 Å². The van der Waals surface area contributed by atoms with Crippen LogP contribution in [0.2, 0.25) is 0 Å². The Balaban J connectivity index is 1.31. The summed E-state index contributed by atoms with van der Waals surface area (Å²) in [6, 6.07) is 13.4. The summed E-state index contributed by atoms with van der Waals surface area (Å²) in [6.07, 6.45) is 3.68. The molecule has 1 aromatic heterocycles. The molecule has 2 aliphatic rings. The molecule has 2 aromatic carbocycles. The number of piperidine rings is 1. The molecule has 3 heterocycles. The number of sulfonamides is 1. The van der Waals surface area contributed by atoms with Gasteiger partial charge in [0.25, 0.3) is 0 Å². The molecule has 0 radical (unpaired) electrons. The Bertz CT molecular complexity index is 1260. The fraction of sp³-hybridized carbons (Fsp3) is 0.440. The zero-order valence-corrected chi connectivity index (χ0v) is 20.4. The monoisotopic (exact) mass is 501 g/mol. The first-order valence-electron chi connectivity index (χ1n) is 11.9. The van der Waals surface area contributed by atoms with Crippen molar-refractivity contribution in [2.45, 2.75) is 56.2 Å². The molecule has 0 bridgehead atoms. The van der Waals surface area contributed by atoms with Gasteiger partial charge >= 0.3 is 0 Å². The molecule has 2 aliphatic heterocycles. The summed E-state index contributed by atoms with van der Waals surface area (Å²) in [6.45, 7) is 2.54. The third-order valence-corrected chi connectivity index (χ3v) is 9.62. The molecule has 0 saturated carbocycles. The lowest BCUT2D eigenvalue weighted by atomic mass is 10.0. The summed E-state index contributed by atoms with van der Waals surface area (Å²) in [4.78, 5) is 1.82. The maximum Gasteiger partial charge on any atom is 0.221 e. The fourth-order valence-corrected chi connectivity index (χ4v) is 7.41. The SMILES string of the molecule is CC1CCC(c2ccccc2)S(=O)(=O)N1Cc1ccc(N2CC[C@@H](n3cnnc3)C(F)C2)cc1F. The molecule has 3 unspecified atom stereocenters. The van der Waals surface area contributed by atoms with Gasteiger partial charge in [0.1, 0.15) is 29.9 Å². The van der Waals surface area contributed by atoms with Crippen LogP contribution in [0, 0.1) is 5.82 Å². The van der Waals surface area contributed by atoms with Crippen molar-refractivity contribution in [1.29, 1.82) is 0 Å². The molecule has 2 fully saturated rings. The smallest absolute Gasteiger partial charge is 0.221 e. The molecule has 5 rings (SSSR count). The van der Waals surface area contributed by atoms with E-state index in [4.69, 9.17) is 0 Å². The van der Waals surface area contributed by atoms with E-state index in [1.165, 1.54) is 23.0 Å². The number of hydrogen-bond donors (Lipinski definition) is 0. The zero-order valence-electron chi connectivity index (χ0n) is 19.5. The Morgan fingerprint density at radius 1 is 1.03 bits per heavy atom. The summed E-state index contributed by atoms with van der Waals surface area (Å²) in [5, 5.41) is 6.87. The molecule has 10 heteroatoms. The molecular formula is C25H29F2N5O2S. The molecule has 0 N–H and O–H groups in total. The Hall–Kier alpha value is -2.85. The van der Waals surface area contributed by atoms with Crippen LogP contribution in [0.3, 0.4) is 0 Å². The van der Waals surface area contributed by atoms with Crippen LogP contribution in [0.1, 0.15) is 48.6 Å². The zero-order chi connectivity index (χ0) is 24.6. The lowest BCUT2D eigenvalue weighted by Crippen LogP contribution is -2.45. The second kappa shape index (κ2) is 9.66. The molecule has 3 aromatic rings. The highest BCUT2D eigenvalue weighted by molar-refractivity contribution is 7.89. The Morgan fingerprint density at radius 2 is 1.77 bits per heavy atom. The quantitative estimate of drug-likeness (QED) is 0.523. The highest BCUT2D eigenvalue weighted by Gasteiger charge is 2.40. The fourth-order valence-electron chi connectivity index (χ4n) is 5.22. The van der Waals surface area contributed by atoms with E-state index in [-0.39, 0.29) is 25.2 Å². The second-order valence-corrected chi connectivity index (χ2v) is 11.5. The molecular weight excluding hydrogens is 472 g/mol. The first-order chi connectivity index (χ1) is 16.8. The molecule has 0 spiro atoms. The summed E-state index contributed by atoms with van der Waals surface area (Å²) in [7, 11) is -3.65. The van der Waals surface area contributed by atoms with Crippen molar-refractivity contribution in [1.82, 2.24) is 19.1 Å². The van der Waals surface area contributed by atoms with Crippen molar-refractivity contribution in [3.63, 3.8) is 0 Å². The number of alkyl halides is 1. The van der Waals surface area contributed by atoms with Crippen LogP contribution in [0.15, 0.2) is 61.2 Å². The van der Waals surface area contributed by atoms with Crippen molar-refractivity contribution in [3.05, 3.63) is 78.1 Å². The lowest BCUT2D eigenvalue weighted by molar-refractivity contribution is 0.199. The average Bonchev–Trinajstić information content (AvgIpc) is 3.37. The number of halogens is 2. The lowest BCUT2D eigenvalue weighted by Gasteiger charge is -2.38. The van der Waals surface area contributed by atoms with Crippen molar-refractivity contribution in [2.75, 3.05) is 18.0 Å². The summed E-state index contributed by atoms with van der Waals surface area (Å²) in [5.74, 6) is -0.483. The third-order valence-electron chi connectivity index (χ3n) is 7.25. The van der Waals surface area contributed by atoms with Gasteiger partial charge in [-0.2, -0.15) is 4.31 Å². The van der Waals surface area contributed by atoms with Gasteiger partial charge in [0.05, 0.1) is 12.6 Å². The number of hydrogen-bond acceptors (Lipinski definition) is 5. The maximum atomic E-state index is 15.2. The number of aromatic nitrogens is 3. The van der Waals surface area contributed by atoms with Gasteiger partial charge in [-0.25, -0.2) is 17.2 Å². The van der Waals surface area contributed by atoms with Gasteiger partial charge in [0, 0.05) is 30.4 Å². The number of nitrogens with zero attached hydrogens (tertiary/aromatic N) is 5. The van der Waals surface area contributed by atoms with E-state index in [0.717, 1.165) is 5.56 Å². The van der Waals surface area contributed by atoms with Crippen LogP contribution < -0.4 is 4.90 Å². The largest absolute Gasteiger partial charge is 0.368 e. The van der Waals surface area contributed by atoms with Gasteiger partial charge in [-0.15, -0.1) is 10.2 Å². The highest BCUT2D eigenvalue weighted by atomic mass is 32.2. The standard InChI is InChI=1S/C25H29F2N5O2S/c1-18-7-10-25(19-5-3-2-4-6-19)35(33,34)32(18)14-20-8-9-21(13-22(20)26)30-12-11-24(23(27)15-30)31-16-28-29-17-31/h2-6,8-9,13,16-18,23-25H,7,10-12,14-15H2,1H3/t18?,23?,24-,25?/m1/s1. The first-order valence-corrected chi connectivity index (χ1v) is 13.4. The minimum Gasteiger partial charge on any atom is -0.368 e. The van der Waals surface area contributed by atoms with Gasteiger partial charge in [-0.1, -0.05) is 36.4 Å². The number of benzene rings is 2. The molecule has 0 amide bonds. The highest BCUT2D eigenvalue weighted by Crippen LogP contribution is 2.38. The van der Waals surface area contributed by atoms with Crippen molar-refractivity contribution in [3.8, 4) is 0 Å². The Kier molecular flexibility index (Phi) is 6.59. The van der Waals surface area contributed by atoms with Gasteiger partial charge in [0.15, 0.2) is 0 Å². The van der Waals surface area contributed by atoms with Crippen LogP contribution in [-0.2, 0) is 16.6 Å². The second-order valence-electron chi connectivity index (χ2n) is 9.42. The van der Waals surface area contributed by atoms with E-state index in [9.17, 15) is 12.8 Å². The molecule has 35 heavy (non-hydrogen) atoms. The molecule has 4 atom stereocenters. The van der Waals surface area contributed by atoms with E-state index in [2.05, 4.69) is 10.2 Å². The van der Waals surface area contributed by atoms with Crippen molar-refractivity contribution < 1.29 is 17.2 Å². The molecule has 0 aliphatic carbocycles. The van der Waals surface area contributed by atoms with Crippen LogP contribution in [0.25, 0.3) is 0 Å². The van der Waals surface area contributed by atoms with Gasteiger partial charge in [0.2, 0.25) is 10.0 Å². The van der Waals surface area contributed by atoms with Gasteiger partial charge < -0.3 is 9.47 Å². The predicted octanol–water partition coefficient (Wildman–Crippen LogP) is 4.26. The Labute approximate surface area is 204 Å². The third kappa shape index (κ3) is 4.69. The molecule has 2 saturated heterocycles. The van der Waals surface area contributed by atoms with E-state index < -0.39 is 27.3 Å². The van der Waals surface area contributed by atoms with E-state index in [1.54, 1.807) is 16.7 Å². The first kappa shape index (κ1) is 23.9. The summed E-state index contributed by atoms with van der Waals surface area (Å²) >= 11 is 0. The molecule has 7 nitrogen and oxygen atoms in total. The average molecular weight is 502 g/mol. The van der Waals surface area contributed by atoms with Crippen molar-refractivity contribution in [2.24, 2.45) is 0 Å². The van der Waals surface area contributed by atoms with Crippen LogP contribution in [0.5, 0.6) is 0 Å². The maximum absolute atomic E-state index is 15.2. The van der Waals surface area contributed by atoms with E-state index >= 15 is 4.39 Å². The van der Waals surface area contributed by atoms with Crippen LogP contribution in [-0.4, -0.2) is 52.8 Å². The molecule has 186 valence electrons. The van der Waals surface area contributed by atoms with Crippen LogP contribution in [0.4, 0.5) is 14.5 Å². The number of anilines is 1. The predicted molar refractivity (Wildman–Crippen MR) is 130 cm³/mol. The Morgan fingerprint density at radius 3 is 2.46 bits per heavy atom. The van der Waals surface area contributed by atoms with Crippen molar-refractivity contribution >= 4 is 15.7 Å². The topological polar surface area (TPSA) is 71.3 Å². The van der Waals surface area contributed by atoms with E-state index in [0.29, 0.717) is 37.1 Å².